The fraction of sp³-hybridized carbons (Fsp3) is 0.304. The molecule has 4 rings (SSSR count). The lowest BCUT2D eigenvalue weighted by molar-refractivity contribution is 0.0663. The van der Waals surface area contributed by atoms with E-state index in [-0.39, 0.29) is 17.1 Å². The molecule has 5 heteroatoms. The Morgan fingerprint density at radius 2 is 1.86 bits per heavy atom. The van der Waals surface area contributed by atoms with Crippen molar-refractivity contribution < 1.29 is 13.9 Å². The minimum absolute atomic E-state index is 0.141. The highest BCUT2D eigenvalue weighted by Crippen LogP contribution is 2.38. The van der Waals surface area contributed by atoms with Gasteiger partial charge in [-0.3, -0.25) is 9.59 Å². The van der Waals surface area contributed by atoms with Crippen molar-refractivity contribution in [2.75, 3.05) is 20.3 Å². The number of ether oxygens (including phenoxy) is 1. The Labute approximate surface area is 163 Å². The molecule has 0 aliphatic carbocycles. The SMILES string of the molecule is CCc1ccc([C@H]2c3c(oc4ccc(C)cc4c3=O)C(=O)N2CCOC)cc1. The molecule has 0 unspecified atom stereocenters. The lowest BCUT2D eigenvalue weighted by Crippen LogP contribution is -2.32. The number of hydrogen-bond acceptors (Lipinski definition) is 4. The summed E-state index contributed by atoms with van der Waals surface area (Å²) < 4.78 is 11.1. The molecule has 3 aromatic rings. The van der Waals surface area contributed by atoms with E-state index in [0.29, 0.717) is 29.7 Å². The number of rotatable bonds is 5. The molecule has 5 nitrogen and oxygen atoms in total. The van der Waals surface area contributed by atoms with Gasteiger partial charge in [-0.25, -0.2) is 0 Å². The van der Waals surface area contributed by atoms with Crippen LogP contribution in [0.2, 0.25) is 0 Å². The van der Waals surface area contributed by atoms with Crippen molar-refractivity contribution >= 4 is 16.9 Å². The van der Waals surface area contributed by atoms with Gasteiger partial charge in [0.05, 0.1) is 23.6 Å². The van der Waals surface area contributed by atoms with E-state index in [2.05, 4.69) is 6.92 Å². The average molecular weight is 377 g/mol. The first-order chi connectivity index (χ1) is 13.5. The second-order valence-electron chi connectivity index (χ2n) is 7.16. The Morgan fingerprint density at radius 1 is 1.11 bits per heavy atom. The van der Waals surface area contributed by atoms with Crippen LogP contribution in [0.5, 0.6) is 0 Å². The highest BCUT2D eigenvalue weighted by molar-refractivity contribution is 5.99. The normalized spacial score (nSPS) is 16.0. The quantitative estimate of drug-likeness (QED) is 0.678. The maximum absolute atomic E-state index is 13.4. The minimum Gasteiger partial charge on any atom is -0.450 e. The van der Waals surface area contributed by atoms with Crippen LogP contribution < -0.4 is 5.43 Å². The summed E-state index contributed by atoms with van der Waals surface area (Å²) in [7, 11) is 1.60. The molecular formula is C23H23NO4. The second kappa shape index (κ2) is 7.24. The van der Waals surface area contributed by atoms with Gasteiger partial charge in [-0.1, -0.05) is 42.8 Å². The van der Waals surface area contributed by atoms with Crippen molar-refractivity contribution in [3.05, 3.63) is 80.7 Å². The van der Waals surface area contributed by atoms with Crippen LogP contribution in [0.25, 0.3) is 11.0 Å². The number of nitrogens with zero attached hydrogens (tertiary/aromatic N) is 1. The van der Waals surface area contributed by atoms with Gasteiger partial charge in [0, 0.05) is 13.7 Å². The van der Waals surface area contributed by atoms with Crippen LogP contribution in [0, 0.1) is 6.92 Å². The van der Waals surface area contributed by atoms with E-state index < -0.39 is 6.04 Å². The van der Waals surface area contributed by atoms with Crippen LogP contribution in [0.15, 0.2) is 51.7 Å². The maximum atomic E-state index is 13.4. The summed E-state index contributed by atoms with van der Waals surface area (Å²) in [4.78, 5) is 28.2. The first kappa shape index (κ1) is 18.4. The molecule has 0 saturated carbocycles. The fourth-order valence-electron chi connectivity index (χ4n) is 3.84. The van der Waals surface area contributed by atoms with E-state index in [1.165, 1.54) is 5.56 Å². The molecule has 1 atom stereocenters. The molecule has 0 bridgehead atoms. The molecule has 1 aliphatic heterocycles. The molecule has 0 radical (unpaired) electrons. The van der Waals surface area contributed by atoms with Crippen LogP contribution >= 0.6 is 0 Å². The summed E-state index contributed by atoms with van der Waals surface area (Å²) in [6.45, 7) is 4.80. The van der Waals surface area contributed by atoms with Crippen molar-refractivity contribution in [2.24, 2.45) is 0 Å². The molecule has 1 aromatic heterocycles. The fourth-order valence-corrected chi connectivity index (χ4v) is 3.84. The zero-order chi connectivity index (χ0) is 19.8. The molecule has 2 heterocycles. The van der Waals surface area contributed by atoms with Crippen molar-refractivity contribution in [3.63, 3.8) is 0 Å². The number of benzene rings is 2. The molecule has 28 heavy (non-hydrogen) atoms. The zero-order valence-electron chi connectivity index (χ0n) is 16.3. The van der Waals surface area contributed by atoms with Crippen molar-refractivity contribution in [1.29, 1.82) is 0 Å². The van der Waals surface area contributed by atoms with E-state index >= 15 is 0 Å². The third kappa shape index (κ3) is 2.92. The second-order valence-corrected chi connectivity index (χ2v) is 7.16. The van der Waals surface area contributed by atoms with Gasteiger partial charge in [0.1, 0.15) is 5.58 Å². The van der Waals surface area contributed by atoms with E-state index in [0.717, 1.165) is 17.5 Å². The van der Waals surface area contributed by atoms with Gasteiger partial charge in [-0.05, 0) is 36.6 Å². The van der Waals surface area contributed by atoms with Crippen molar-refractivity contribution in [1.82, 2.24) is 4.90 Å². The molecule has 2 aromatic carbocycles. The van der Waals surface area contributed by atoms with Gasteiger partial charge in [-0.2, -0.15) is 0 Å². The lowest BCUT2D eigenvalue weighted by atomic mass is 9.97. The first-order valence-electron chi connectivity index (χ1n) is 9.51. The topological polar surface area (TPSA) is 59.8 Å². The Bertz CT molecular complexity index is 1100. The number of aryl methyl sites for hydroxylation is 2. The van der Waals surface area contributed by atoms with Gasteiger partial charge < -0.3 is 14.1 Å². The number of carbonyl (C=O) groups excluding carboxylic acids is 1. The van der Waals surface area contributed by atoms with Gasteiger partial charge in [-0.15, -0.1) is 0 Å². The molecule has 0 fully saturated rings. The van der Waals surface area contributed by atoms with Gasteiger partial charge in [0.15, 0.2) is 5.43 Å². The summed E-state index contributed by atoms with van der Waals surface area (Å²) in [6.07, 6.45) is 0.930. The highest BCUT2D eigenvalue weighted by Gasteiger charge is 2.42. The highest BCUT2D eigenvalue weighted by atomic mass is 16.5. The van der Waals surface area contributed by atoms with Gasteiger partial charge >= 0.3 is 0 Å². The van der Waals surface area contributed by atoms with Crippen LogP contribution in [0.4, 0.5) is 0 Å². The van der Waals surface area contributed by atoms with E-state index in [1.54, 1.807) is 18.1 Å². The Hall–Kier alpha value is -2.92. The first-order valence-corrected chi connectivity index (χ1v) is 9.51. The number of fused-ring (bicyclic) bond motifs is 2. The van der Waals surface area contributed by atoms with Crippen LogP contribution in [0.1, 0.15) is 45.8 Å². The number of amides is 1. The van der Waals surface area contributed by atoms with Gasteiger partial charge in [0.2, 0.25) is 5.76 Å². The summed E-state index contributed by atoms with van der Waals surface area (Å²) >= 11 is 0. The predicted octanol–water partition coefficient (Wildman–Crippen LogP) is 3.86. The maximum Gasteiger partial charge on any atom is 0.290 e. The molecule has 1 amide bonds. The van der Waals surface area contributed by atoms with Crippen LogP contribution in [-0.4, -0.2) is 31.1 Å². The summed E-state index contributed by atoms with van der Waals surface area (Å²) in [5.74, 6) is -0.127. The molecule has 0 N–H and O–H groups in total. The number of carbonyl (C=O) groups is 1. The monoisotopic (exact) mass is 377 g/mol. The summed E-state index contributed by atoms with van der Waals surface area (Å²) in [6, 6.07) is 13.0. The zero-order valence-corrected chi connectivity index (χ0v) is 16.3. The molecule has 1 aliphatic rings. The van der Waals surface area contributed by atoms with E-state index in [4.69, 9.17) is 9.15 Å². The number of methoxy groups -OCH3 is 1. The predicted molar refractivity (Wildman–Crippen MR) is 108 cm³/mol. The van der Waals surface area contributed by atoms with Gasteiger partial charge in [0.25, 0.3) is 5.91 Å². The molecule has 0 saturated heterocycles. The molecule has 0 spiro atoms. The summed E-state index contributed by atoms with van der Waals surface area (Å²) in [5.41, 5.74) is 3.80. The van der Waals surface area contributed by atoms with E-state index in [9.17, 15) is 9.59 Å². The third-order valence-electron chi connectivity index (χ3n) is 5.36. The van der Waals surface area contributed by atoms with E-state index in [1.807, 2.05) is 43.3 Å². The lowest BCUT2D eigenvalue weighted by Gasteiger charge is -2.25. The Balaban J connectivity index is 1.94. The average Bonchev–Trinajstić information content (AvgIpc) is 2.99. The van der Waals surface area contributed by atoms with Crippen molar-refractivity contribution in [2.45, 2.75) is 26.3 Å². The summed E-state index contributed by atoms with van der Waals surface area (Å²) in [5, 5.41) is 0.510. The van der Waals surface area contributed by atoms with Crippen molar-refractivity contribution in [3.8, 4) is 0 Å². The molecular weight excluding hydrogens is 354 g/mol. The number of hydrogen-bond donors (Lipinski definition) is 0. The van der Waals surface area contributed by atoms with Crippen LogP contribution in [0.3, 0.4) is 0 Å². The standard InChI is InChI=1S/C23H23NO4/c1-4-15-6-8-16(9-7-15)20-19-21(25)17-13-14(2)5-10-18(17)28-22(19)23(26)24(20)11-12-27-3/h5-10,13,20H,4,11-12H2,1-3H3/t20-/m0/s1. The van der Waals surface area contributed by atoms with Crippen LogP contribution in [-0.2, 0) is 11.2 Å². The Kier molecular flexibility index (Phi) is 4.77. The Morgan fingerprint density at radius 3 is 2.54 bits per heavy atom. The third-order valence-corrected chi connectivity index (χ3v) is 5.36. The largest absolute Gasteiger partial charge is 0.450 e. The minimum atomic E-state index is -0.468. The molecule has 144 valence electrons. The smallest absolute Gasteiger partial charge is 0.290 e.